The Hall–Kier alpha value is -1.69. The zero-order valence-corrected chi connectivity index (χ0v) is 17.0. The molecule has 0 aliphatic rings. The molecule has 26 heavy (non-hydrogen) atoms. The van der Waals surface area contributed by atoms with Gasteiger partial charge in [0.2, 0.25) is 0 Å². The van der Waals surface area contributed by atoms with E-state index in [1.165, 1.54) is 0 Å². The minimum atomic E-state index is -3.74. The molecule has 0 bridgehead atoms. The van der Waals surface area contributed by atoms with Gasteiger partial charge in [-0.15, -0.1) is 11.6 Å². The lowest BCUT2D eigenvalue weighted by molar-refractivity contribution is 0.196. The molecule has 0 aliphatic heterocycles. The van der Waals surface area contributed by atoms with Crippen LogP contribution in [0.5, 0.6) is 0 Å². The van der Waals surface area contributed by atoms with Gasteiger partial charge < -0.3 is 0 Å². The van der Waals surface area contributed by atoms with E-state index >= 15 is 0 Å². The van der Waals surface area contributed by atoms with Crippen molar-refractivity contribution >= 4 is 27.4 Å². The molecule has 0 heterocycles. The molecule has 0 radical (unpaired) electrons. The molecule has 2 aromatic carbocycles. The molecule has 0 unspecified atom stereocenters. The number of benzene rings is 2. The minimum Gasteiger partial charge on any atom is -0.284 e. The Kier molecular flexibility index (Phi) is 6.61. The molecular formula is C20H24ClNO3S. The molecule has 0 amide bonds. The Morgan fingerprint density at radius 2 is 1.54 bits per heavy atom. The first-order chi connectivity index (χ1) is 12.1. The maximum Gasteiger partial charge on any atom is 0.265 e. The van der Waals surface area contributed by atoms with E-state index < -0.39 is 21.1 Å². The summed E-state index contributed by atoms with van der Waals surface area (Å²) in [6.07, 6.45) is 0.107. The first-order valence-corrected chi connectivity index (χ1v) is 10.6. The zero-order valence-electron chi connectivity index (χ0n) is 15.4. The highest BCUT2D eigenvalue weighted by Crippen LogP contribution is 2.39. The average Bonchev–Trinajstić information content (AvgIpc) is 2.58. The molecule has 2 atom stereocenters. The standard InChI is InChI=1S/C20H24ClNO3S/c1-15(2)22-18(16-11-7-5-8-12-16)20(3,21)19(25-26(4,23)24)17-13-9-6-10-14-17/h5-15,19H,1-4H3/t19-,20-/m0/s1. The summed E-state index contributed by atoms with van der Waals surface area (Å²) in [6, 6.07) is 18.6. The van der Waals surface area contributed by atoms with Gasteiger partial charge in [0.25, 0.3) is 10.1 Å². The van der Waals surface area contributed by atoms with E-state index in [9.17, 15) is 8.42 Å². The van der Waals surface area contributed by atoms with Crippen LogP contribution in [-0.2, 0) is 14.3 Å². The van der Waals surface area contributed by atoms with Gasteiger partial charge >= 0.3 is 0 Å². The summed E-state index contributed by atoms with van der Waals surface area (Å²) in [5, 5.41) is 0. The number of rotatable bonds is 7. The summed E-state index contributed by atoms with van der Waals surface area (Å²) in [6.45, 7) is 5.64. The summed E-state index contributed by atoms with van der Waals surface area (Å²) >= 11 is 6.97. The monoisotopic (exact) mass is 393 g/mol. The van der Waals surface area contributed by atoms with Gasteiger partial charge in [-0.25, -0.2) is 0 Å². The van der Waals surface area contributed by atoms with Crippen LogP contribution in [0.2, 0.25) is 0 Å². The molecule has 0 aromatic heterocycles. The predicted octanol–water partition coefficient (Wildman–Crippen LogP) is 4.60. The first-order valence-electron chi connectivity index (χ1n) is 8.37. The first kappa shape index (κ1) is 20.6. The number of hydrogen-bond donors (Lipinski definition) is 0. The lowest BCUT2D eigenvalue weighted by Crippen LogP contribution is -2.39. The van der Waals surface area contributed by atoms with Crippen LogP contribution < -0.4 is 0 Å². The second-order valence-corrected chi connectivity index (χ2v) is 8.99. The van der Waals surface area contributed by atoms with E-state index in [4.69, 9.17) is 20.8 Å². The normalized spacial score (nSPS) is 16.3. The second kappa shape index (κ2) is 8.33. The Bertz CT molecular complexity index is 847. The number of alkyl halides is 1. The molecule has 2 aromatic rings. The van der Waals surface area contributed by atoms with E-state index in [-0.39, 0.29) is 6.04 Å². The highest BCUT2D eigenvalue weighted by molar-refractivity contribution is 7.86. The smallest absolute Gasteiger partial charge is 0.265 e. The van der Waals surface area contributed by atoms with Gasteiger partial charge in [-0.3, -0.25) is 9.18 Å². The highest BCUT2D eigenvalue weighted by atomic mass is 35.5. The Balaban J connectivity index is 2.62. The molecule has 0 saturated carbocycles. The van der Waals surface area contributed by atoms with Crippen LogP contribution in [0.15, 0.2) is 65.7 Å². The fraction of sp³-hybridized carbons (Fsp3) is 0.350. The van der Waals surface area contributed by atoms with Crippen LogP contribution in [0, 0.1) is 0 Å². The summed E-state index contributed by atoms with van der Waals surface area (Å²) in [4.78, 5) is 3.51. The lowest BCUT2D eigenvalue weighted by atomic mass is 9.88. The third kappa shape index (κ3) is 5.40. The maximum absolute atomic E-state index is 11.9. The van der Waals surface area contributed by atoms with Gasteiger partial charge in [0.05, 0.1) is 12.0 Å². The van der Waals surface area contributed by atoms with Gasteiger partial charge in [-0.05, 0) is 31.9 Å². The summed E-state index contributed by atoms with van der Waals surface area (Å²) < 4.78 is 29.3. The Morgan fingerprint density at radius 1 is 1.04 bits per heavy atom. The van der Waals surface area contributed by atoms with Gasteiger partial charge in [-0.1, -0.05) is 60.7 Å². The number of hydrogen-bond acceptors (Lipinski definition) is 4. The highest BCUT2D eigenvalue weighted by Gasteiger charge is 2.42. The lowest BCUT2D eigenvalue weighted by Gasteiger charge is -2.33. The van der Waals surface area contributed by atoms with Gasteiger partial charge in [-0.2, -0.15) is 8.42 Å². The van der Waals surface area contributed by atoms with Crippen LogP contribution in [0.3, 0.4) is 0 Å². The molecule has 2 rings (SSSR count). The summed E-state index contributed by atoms with van der Waals surface area (Å²) in [5.41, 5.74) is 2.09. The van der Waals surface area contributed by atoms with Crippen molar-refractivity contribution in [2.75, 3.05) is 6.26 Å². The number of nitrogens with zero attached hydrogens (tertiary/aromatic N) is 1. The van der Waals surface area contributed by atoms with Crippen molar-refractivity contribution in [1.82, 2.24) is 0 Å². The van der Waals surface area contributed by atoms with E-state index in [0.29, 0.717) is 11.3 Å². The number of aliphatic imine (C=N–C) groups is 1. The van der Waals surface area contributed by atoms with Crippen molar-refractivity contribution < 1.29 is 12.6 Å². The van der Waals surface area contributed by atoms with Gasteiger partial charge in [0.1, 0.15) is 11.0 Å². The Morgan fingerprint density at radius 3 is 2.00 bits per heavy atom. The third-order valence-electron chi connectivity index (χ3n) is 3.76. The van der Waals surface area contributed by atoms with E-state index in [1.807, 2.05) is 62.4 Å². The van der Waals surface area contributed by atoms with Crippen molar-refractivity contribution in [3.05, 3.63) is 71.8 Å². The number of halogens is 1. The Labute approximate surface area is 161 Å². The van der Waals surface area contributed by atoms with Crippen molar-refractivity contribution in [3.63, 3.8) is 0 Å². The van der Waals surface area contributed by atoms with Crippen LogP contribution in [-0.4, -0.2) is 31.3 Å². The van der Waals surface area contributed by atoms with Crippen LogP contribution in [0.25, 0.3) is 0 Å². The fourth-order valence-electron chi connectivity index (χ4n) is 2.72. The minimum absolute atomic E-state index is 0.0158. The molecule has 0 spiro atoms. The fourth-order valence-corrected chi connectivity index (χ4v) is 3.76. The summed E-state index contributed by atoms with van der Waals surface area (Å²) in [7, 11) is -3.74. The largest absolute Gasteiger partial charge is 0.284 e. The van der Waals surface area contributed by atoms with Crippen LogP contribution in [0.1, 0.15) is 38.0 Å². The second-order valence-electron chi connectivity index (χ2n) is 6.60. The molecule has 4 nitrogen and oxygen atoms in total. The zero-order chi connectivity index (χ0) is 19.4. The molecule has 0 saturated heterocycles. The molecular weight excluding hydrogens is 370 g/mol. The third-order valence-corrected chi connectivity index (χ3v) is 4.68. The van der Waals surface area contributed by atoms with E-state index in [2.05, 4.69) is 0 Å². The van der Waals surface area contributed by atoms with Crippen molar-refractivity contribution in [1.29, 1.82) is 0 Å². The van der Waals surface area contributed by atoms with Crippen molar-refractivity contribution in [2.45, 2.75) is 37.8 Å². The van der Waals surface area contributed by atoms with Crippen molar-refractivity contribution in [2.24, 2.45) is 4.99 Å². The SMILES string of the molecule is CC(C)N=C(c1ccccc1)[C@](C)(Cl)[C@@H](OS(C)(=O)=O)c1ccccc1. The quantitative estimate of drug-likeness (QED) is 0.392. The molecule has 6 heteroatoms. The summed E-state index contributed by atoms with van der Waals surface area (Å²) in [5.74, 6) is 0. The molecule has 0 fully saturated rings. The average molecular weight is 394 g/mol. The predicted molar refractivity (Wildman–Crippen MR) is 107 cm³/mol. The molecule has 0 aliphatic carbocycles. The topological polar surface area (TPSA) is 55.7 Å². The van der Waals surface area contributed by atoms with Crippen molar-refractivity contribution in [3.8, 4) is 0 Å². The van der Waals surface area contributed by atoms with Gasteiger partial charge in [0.15, 0.2) is 0 Å². The van der Waals surface area contributed by atoms with E-state index in [0.717, 1.165) is 11.8 Å². The molecule has 140 valence electrons. The van der Waals surface area contributed by atoms with Crippen LogP contribution >= 0.6 is 11.6 Å². The molecule has 0 N–H and O–H groups in total. The van der Waals surface area contributed by atoms with Gasteiger partial charge in [0, 0.05) is 6.04 Å². The van der Waals surface area contributed by atoms with Crippen LogP contribution in [0.4, 0.5) is 0 Å². The van der Waals surface area contributed by atoms with E-state index in [1.54, 1.807) is 19.1 Å². The maximum atomic E-state index is 11.9.